The van der Waals surface area contributed by atoms with Crippen molar-refractivity contribution < 1.29 is 0 Å². The summed E-state index contributed by atoms with van der Waals surface area (Å²) in [6.07, 6.45) is 3.90. The van der Waals surface area contributed by atoms with Crippen molar-refractivity contribution in [2.45, 2.75) is 0 Å². The van der Waals surface area contributed by atoms with Crippen LogP contribution in [-0.4, -0.2) is 24.5 Å². The van der Waals surface area contributed by atoms with Crippen molar-refractivity contribution in [2.24, 2.45) is 0 Å². The highest BCUT2D eigenvalue weighted by Gasteiger charge is 2.19. The summed E-state index contributed by atoms with van der Waals surface area (Å²) in [5.74, 6) is 1.30. The highest BCUT2D eigenvalue weighted by Crippen LogP contribution is 2.41. The number of hydrogen-bond donors (Lipinski definition) is 0. The lowest BCUT2D eigenvalue weighted by molar-refractivity contribution is 1.01. The molecule has 4 heterocycles. The smallest absolute Gasteiger partial charge is 0.235 e. The second-order valence-corrected chi connectivity index (χ2v) is 12.2. The molecule has 0 atom stereocenters. The zero-order valence-electron chi connectivity index (χ0n) is 23.3. The highest BCUT2D eigenvalue weighted by molar-refractivity contribution is 7.25. The van der Waals surface area contributed by atoms with Gasteiger partial charge in [-0.3, -0.25) is 4.57 Å². The van der Waals surface area contributed by atoms with Gasteiger partial charge in [-0.1, -0.05) is 91.0 Å². The van der Waals surface area contributed by atoms with Crippen LogP contribution < -0.4 is 0 Å². The molecule has 0 aliphatic heterocycles. The summed E-state index contributed by atoms with van der Waals surface area (Å²) in [5.41, 5.74) is 4.78. The second kappa shape index (κ2) is 8.89. The van der Waals surface area contributed by atoms with Crippen LogP contribution in [0.15, 0.2) is 128 Å². The average molecular weight is 580 g/mol. The first-order valence-corrected chi connectivity index (χ1v) is 15.4. The molecule has 0 unspecified atom stereocenters. The van der Waals surface area contributed by atoms with Crippen molar-refractivity contribution >= 4 is 85.9 Å². The lowest BCUT2D eigenvalue weighted by Crippen LogP contribution is -2.02. The minimum absolute atomic E-state index is 0.624. The van der Waals surface area contributed by atoms with E-state index < -0.39 is 0 Å². The molecule has 0 N–H and O–H groups in total. The van der Waals surface area contributed by atoms with Crippen LogP contribution >= 0.6 is 11.3 Å². The van der Waals surface area contributed by atoms with Crippen LogP contribution in [0.3, 0.4) is 0 Å². The molecule has 44 heavy (non-hydrogen) atoms. The van der Waals surface area contributed by atoms with Crippen LogP contribution in [0.5, 0.6) is 0 Å². The van der Waals surface area contributed by atoms with Gasteiger partial charge in [-0.2, -0.15) is 0 Å². The van der Waals surface area contributed by atoms with Crippen molar-refractivity contribution in [3.63, 3.8) is 0 Å². The SMILES string of the molecule is c1ccc(-c2ncc3c4ccccc4c4cnc(-n5c6ccccc6c6cc7sc8ccccc8c7cc65)nc4c3n2)cc1. The van der Waals surface area contributed by atoms with E-state index in [0.717, 1.165) is 49.2 Å². The van der Waals surface area contributed by atoms with Gasteiger partial charge in [0.05, 0.1) is 11.0 Å². The van der Waals surface area contributed by atoms with E-state index in [1.54, 1.807) is 0 Å². The Labute approximate surface area is 254 Å². The van der Waals surface area contributed by atoms with Crippen LogP contribution in [0.1, 0.15) is 0 Å². The van der Waals surface area contributed by atoms with Crippen molar-refractivity contribution in [3.05, 3.63) is 128 Å². The first kappa shape index (κ1) is 23.8. The summed E-state index contributed by atoms with van der Waals surface area (Å²) in [6, 6.07) is 40.3. The quantitative estimate of drug-likeness (QED) is 0.191. The van der Waals surface area contributed by atoms with E-state index in [4.69, 9.17) is 19.9 Å². The topological polar surface area (TPSA) is 56.5 Å². The third kappa shape index (κ3) is 3.28. The van der Waals surface area contributed by atoms with E-state index in [1.807, 2.05) is 54.1 Å². The van der Waals surface area contributed by atoms with E-state index in [0.29, 0.717) is 11.8 Å². The summed E-state index contributed by atoms with van der Waals surface area (Å²) in [7, 11) is 0. The minimum atomic E-state index is 0.624. The number of thiophene rings is 1. The number of nitrogens with zero attached hydrogens (tertiary/aromatic N) is 5. The molecular formula is C38H21N5S. The Morgan fingerprint density at radius 2 is 1.11 bits per heavy atom. The monoisotopic (exact) mass is 579 g/mol. The number of rotatable bonds is 2. The van der Waals surface area contributed by atoms with Crippen LogP contribution in [0, 0.1) is 0 Å². The molecule has 0 aliphatic rings. The number of aromatic nitrogens is 5. The van der Waals surface area contributed by atoms with E-state index in [9.17, 15) is 0 Å². The van der Waals surface area contributed by atoms with Gasteiger partial charge in [0.2, 0.25) is 5.95 Å². The summed E-state index contributed by atoms with van der Waals surface area (Å²) in [5, 5.41) is 9.03. The maximum atomic E-state index is 5.33. The maximum absolute atomic E-state index is 5.33. The lowest BCUT2D eigenvalue weighted by Gasteiger charge is -2.12. The largest absolute Gasteiger partial charge is 0.278 e. The molecule has 0 bridgehead atoms. The number of benzene rings is 6. The molecule has 204 valence electrons. The fourth-order valence-corrected chi connectivity index (χ4v) is 7.83. The molecule has 0 saturated carbocycles. The molecule has 10 aromatic rings. The number of fused-ring (bicyclic) bond motifs is 12. The van der Waals surface area contributed by atoms with E-state index in [2.05, 4.69) is 89.5 Å². The fourth-order valence-electron chi connectivity index (χ4n) is 6.70. The highest BCUT2D eigenvalue weighted by atomic mass is 32.1. The molecule has 0 saturated heterocycles. The van der Waals surface area contributed by atoms with Crippen LogP contribution in [0.4, 0.5) is 0 Å². The summed E-state index contributed by atoms with van der Waals surface area (Å²) < 4.78 is 4.78. The maximum Gasteiger partial charge on any atom is 0.235 e. The third-order valence-electron chi connectivity index (χ3n) is 8.70. The van der Waals surface area contributed by atoms with Gasteiger partial charge in [0.25, 0.3) is 0 Å². The second-order valence-electron chi connectivity index (χ2n) is 11.1. The molecule has 5 nitrogen and oxygen atoms in total. The Balaban J connectivity index is 1.33. The Bertz CT molecular complexity index is 2780. The molecule has 6 heteroatoms. The van der Waals surface area contributed by atoms with Gasteiger partial charge in [0, 0.05) is 59.7 Å². The van der Waals surface area contributed by atoms with Crippen LogP contribution in [-0.2, 0) is 0 Å². The first-order valence-electron chi connectivity index (χ1n) is 14.6. The molecule has 6 aromatic carbocycles. The van der Waals surface area contributed by atoms with Gasteiger partial charge < -0.3 is 0 Å². The van der Waals surface area contributed by atoms with E-state index in [1.165, 1.54) is 30.9 Å². The van der Waals surface area contributed by atoms with Crippen molar-refractivity contribution in [1.82, 2.24) is 24.5 Å². The molecule has 4 aromatic heterocycles. The standard InChI is InChI=1S/C38H21N5S/c1-2-10-22(11-3-1)37-39-20-29-23-12-4-5-13-24(23)30-21-40-38(42-36(30)35(29)41-37)43-31-16-8-6-14-25(31)27-19-34-28(18-32(27)43)26-15-7-9-17-33(26)44-34/h1-21H. The Kier molecular flexibility index (Phi) is 4.81. The average Bonchev–Trinajstić information content (AvgIpc) is 3.62. The fraction of sp³-hybridized carbons (Fsp3) is 0. The molecule has 0 spiro atoms. The lowest BCUT2D eigenvalue weighted by atomic mass is 10.0. The zero-order valence-corrected chi connectivity index (χ0v) is 24.1. The number of hydrogen-bond acceptors (Lipinski definition) is 5. The zero-order chi connectivity index (χ0) is 28.8. The van der Waals surface area contributed by atoms with Crippen molar-refractivity contribution in [1.29, 1.82) is 0 Å². The van der Waals surface area contributed by atoms with Gasteiger partial charge in [0.15, 0.2) is 5.82 Å². The number of para-hydroxylation sites is 1. The molecule has 10 rings (SSSR count). The predicted octanol–water partition coefficient (Wildman–Crippen LogP) is 9.86. The minimum Gasteiger partial charge on any atom is -0.278 e. The van der Waals surface area contributed by atoms with Crippen LogP contribution in [0.2, 0.25) is 0 Å². The Morgan fingerprint density at radius 1 is 0.455 bits per heavy atom. The van der Waals surface area contributed by atoms with Gasteiger partial charge in [-0.05, 0) is 35.0 Å². The normalized spacial score (nSPS) is 12.1. The summed E-state index contributed by atoms with van der Waals surface area (Å²) >= 11 is 1.84. The Hall–Kier alpha value is -5.72. The molecule has 0 radical (unpaired) electrons. The van der Waals surface area contributed by atoms with Crippen LogP contribution in [0.25, 0.3) is 91.9 Å². The van der Waals surface area contributed by atoms with E-state index in [-0.39, 0.29) is 0 Å². The van der Waals surface area contributed by atoms with E-state index >= 15 is 0 Å². The molecule has 0 aliphatic carbocycles. The Morgan fingerprint density at radius 3 is 1.93 bits per heavy atom. The van der Waals surface area contributed by atoms with Crippen molar-refractivity contribution in [2.75, 3.05) is 0 Å². The predicted molar refractivity (Wildman–Crippen MR) is 183 cm³/mol. The third-order valence-corrected chi connectivity index (χ3v) is 9.83. The van der Waals surface area contributed by atoms with Gasteiger partial charge in [-0.15, -0.1) is 11.3 Å². The summed E-state index contributed by atoms with van der Waals surface area (Å²) in [6.45, 7) is 0. The van der Waals surface area contributed by atoms with Gasteiger partial charge in [0.1, 0.15) is 11.0 Å². The summed E-state index contributed by atoms with van der Waals surface area (Å²) in [4.78, 5) is 20.3. The molecule has 0 amide bonds. The molecule has 0 fully saturated rings. The molecular weight excluding hydrogens is 559 g/mol. The van der Waals surface area contributed by atoms with Crippen molar-refractivity contribution in [3.8, 4) is 17.3 Å². The van der Waals surface area contributed by atoms with Gasteiger partial charge in [-0.25, -0.2) is 19.9 Å². The van der Waals surface area contributed by atoms with Gasteiger partial charge >= 0.3 is 0 Å². The first-order chi connectivity index (χ1) is 21.8.